The summed E-state index contributed by atoms with van der Waals surface area (Å²) in [4.78, 5) is 22.6. The van der Waals surface area contributed by atoms with Crippen LogP contribution < -0.4 is 10.6 Å². The number of anilines is 1. The van der Waals surface area contributed by atoms with Gasteiger partial charge in [-0.05, 0) is 43.2 Å². The number of guanidine groups is 1. The molecule has 132 valence electrons. The standard InChI is InChI=1S/C19H18ClN5O/c1-11-3-8-15-12(2)23-19(24-16(15)9-11)25(18(21)22)17(26)10-13-4-6-14(20)7-5-13/h3-9H,10H2,1-2H3,(H3,21,22). The molecule has 6 nitrogen and oxygen atoms in total. The third kappa shape index (κ3) is 3.65. The highest BCUT2D eigenvalue weighted by molar-refractivity contribution is 6.30. The number of carbonyl (C=O) groups excluding carboxylic acids is 1. The molecule has 0 fully saturated rings. The van der Waals surface area contributed by atoms with E-state index in [0.29, 0.717) is 10.5 Å². The molecule has 0 radical (unpaired) electrons. The molecule has 0 unspecified atom stereocenters. The highest BCUT2D eigenvalue weighted by Gasteiger charge is 2.23. The molecule has 0 saturated heterocycles. The summed E-state index contributed by atoms with van der Waals surface area (Å²) in [6, 6.07) is 12.8. The topological polar surface area (TPSA) is 96.0 Å². The van der Waals surface area contributed by atoms with Gasteiger partial charge in [0.1, 0.15) is 0 Å². The molecule has 3 aromatic rings. The average Bonchev–Trinajstić information content (AvgIpc) is 2.56. The monoisotopic (exact) mass is 367 g/mol. The second kappa shape index (κ2) is 7.09. The van der Waals surface area contributed by atoms with Gasteiger partial charge < -0.3 is 5.73 Å². The summed E-state index contributed by atoms with van der Waals surface area (Å²) in [5.41, 5.74) is 8.89. The number of halogens is 1. The Bertz CT molecular complexity index is 1000. The minimum atomic E-state index is -0.421. The third-order valence-corrected chi connectivity index (χ3v) is 4.24. The number of carbonyl (C=O) groups is 1. The number of aromatic nitrogens is 2. The maximum atomic E-state index is 12.7. The van der Waals surface area contributed by atoms with E-state index >= 15 is 0 Å². The lowest BCUT2D eigenvalue weighted by atomic mass is 10.1. The number of nitrogens with zero attached hydrogens (tertiary/aromatic N) is 3. The van der Waals surface area contributed by atoms with Gasteiger partial charge in [-0.25, -0.2) is 14.9 Å². The Morgan fingerprint density at radius 2 is 1.85 bits per heavy atom. The fourth-order valence-electron chi connectivity index (χ4n) is 2.69. The maximum Gasteiger partial charge on any atom is 0.240 e. The Balaban J connectivity index is 1.99. The van der Waals surface area contributed by atoms with Crippen molar-refractivity contribution < 1.29 is 4.79 Å². The SMILES string of the molecule is Cc1ccc2c(C)nc(N(C(=N)N)C(=O)Cc3ccc(Cl)cc3)nc2c1. The van der Waals surface area contributed by atoms with Crippen LogP contribution in [-0.4, -0.2) is 21.8 Å². The number of hydrogen-bond donors (Lipinski definition) is 2. The second-order valence-electron chi connectivity index (χ2n) is 6.05. The predicted octanol–water partition coefficient (Wildman–Crippen LogP) is 3.37. The Labute approximate surface area is 156 Å². The van der Waals surface area contributed by atoms with Gasteiger partial charge in [0.15, 0.2) is 0 Å². The first-order valence-corrected chi connectivity index (χ1v) is 8.39. The van der Waals surface area contributed by atoms with Crippen LogP contribution in [0.2, 0.25) is 5.02 Å². The number of rotatable bonds is 3. The Morgan fingerprint density at radius 3 is 2.50 bits per heavy atom. The molecule has 1 heterocycles. The maximum absolute atomic E-state index is 12.7. The summed E-state index contributed by atoms with van der Waals surface area (Å²) in [5, 5.41) is 9.31. The summed E-state index contributed by atoms with van der Waals surface area (Å²) in [6.45, 7) is 3.80. The predicted molar refractivity (Wildman–Crippen MR) is 104 cm³/mol. The van der Waals surface area contributed by atoms with Crippen molar-refractivity contribution in [1.29, 1.82) is 5.41 Å². The van der Waals surface area contributed by atoms with Gasteiger partial charge in [0.2, 0.25) is 17.8 Å². The number of amides is 1. The quantitative estimate of drug-likeness (QED) is 0.548. The van der Waals surface area contributed by atoms with Gasteiger partial charge in [-0.15, -0.1) is 0 Å². The molecule has 26 heavy (non-hydrogen) atoms. The van der Waals surface area contributed by atoms with Gasteiger partial charge in [-0.1, -0.05) is 35.9 Å². The number of fused-ring (bicyclic) bond motifs is 1. The van der Waals surface area contributed by atoms with E-state index in [1.807, 2.05) is 32.0 Å². The lowest BCUT2D eigenvalue weighted by Gasteiger charge is -2.19. The van der Waals surface area contributed by atoms with Crippen LogP contribution in [0.4, 0.5) is 5.95 Å². The molecule has 3 N–H and O–H groups in total. The lowest BCUT2D eigenvalue weighted by molar-refractivity contribution is -0.117. The van der Waals surface area contributed by atoms with E-state index in [1.54, 1.807) is 24.3 Å². The molecular formula is C19H18ClN5O. The largest absolute Gasteiger partial charge is 0.369 e. The molecule has 7 heteroatoms. The molecule has 0 aliphatic carbocycles. The molecule has 0 aliphatic heterocycles. The Hall–Kier alpha value is -2.99. The van der Waals surface area contributed by atoms with E-state index < -0.39 is 5.96 Å². The zero-order chi connectivity index (χ0) is 18.8. The first-order valence-electron chi connectivity index (χ1n) is 8.01. The summed E-state index contributed by atoms with van der Waals surface area (Å²) in [7, 11) is 0. The van der Waals surface area contributed by atoms with E-state index in [-0.39, 0.29) is 18.3 Å². The Morgan fingerprint density at radius 1 is 1.15 bits per heavy atom. The average molecular weight is 368 g/mol. The van der Waals surface area contributed by atoms with E-state index in [1.165, 1.54) is 0 Å². The molecule has 1 aromatic heterocycles. The van der Waals surface area contributed by atoms with Crippen molar-refractivity contribution in [1.82, 2.24) is 9.97 Å². The highest BCUT2D eigenvalue weighted by Crippen LogP contribution is 2.21. The molecule has 0 aliphatic rings. The molecule has 0 spiro atoms. The van der Waals surface area contributed by atoms with Crippen molar-refractivity contribution >= 4 is 40.3 Å². The van der Waals surface area contributed by atoms with Crippen molar-refractivity contribution in [2.24, 2.45) is 5.73 Å². The first kappa shape index (κ1) is 17.8. The number of nitrogens with one attached hydrogen (secondary N) is 1. The Kier molecular flexibility index (Phi) is 4.86. The number of benzene rings is 2. The lowest BCUT2D eigenvalue weighted by Crippen LogP contribution is -2.43. The second-order valence-corrected chi connectivity index (χ2v) is 6.48. The van der Waals surface area contributed by atoms with Crippen LogP contribution in [0, 0.1) is 19.3 Å². The van der Waals surface area contributed by atoms with Crippen LogP contribution in [0.1, 0.15) is 16.8 Å². The number of hydrogen-bond acceptors (Lipinski definition) is 4. The highest BCUT2D eigenvalue weighted by atomic mass is 35.5. The van der Waals surface area contributed by atoms with Gasteiger partial charge in [0.05, 0.1) is 17.6 Å². The summed E-state index contributed by atoms with van der Waals surface area (Å²) in [5.74, 6) is -0.700. The smallest absolute Gasteiger partial charge is 0.240 e. The molecule has 2 aromatic carbocycles. The van der Waals surface area contributed by atoms with Crippen LogP contribution in [0.15, 0.2) is 42.5 Å². The summed E-state index contributed by atoms with van der Waals surface area (Å²) >= 11 is 5.87. The van der Waals surface area contributed by atoms with Crippen LogP contribution in [0.3, 0.4) is 0 Å². The summed E-state index contributed by atoms with van der Waals surface area (Å²) in [6.07, 6.45) is 0.0605. The van der Waals surface area contributed by atoms with E-state index in [0.717, 1.165) is 27.1 Å². The molecule has 3 rings (SSSR count). The molecule has 1 amide bonds. The van der Waals surface area contributed by atoms with Crippen LogP contribution in [0.5, 0.6) is 0 Å². The summed E-state index contributed by atoms with van der Waals surface area (Å²) < 4.78 is 0. The van der Waals surface area contributed by atoms with E-state index in [2.05, 4.69) is 9.97 Å². The molecular weight excluding hydrogens is 350 g/mol. The van der Waals surface area contributed by atoms with Crippen molar-refractivity contribution in [3.63, 3.8) is 0 Å². The molecule has 0 atom stereocenters. The van der Waals surface area contributed by atoms with Crippen molar-refractivity contribution in [2.75, 3.05) is 4.90 Å². The van der Waals surface area contributed by atoms with Gasteiger partial charge in [-0.3, -0.25) is 10.2 Å². The minimum absolute atomic E-state index is 0.0605. The van der Waals surface area contributed by atoms with Gasteiger partial charge in [-0.2, -0.15) is 0 Å². The number of aryl methyl sites for hydroxylation is 2. The van der Waals surface area contributed by atoms with Crippen LogP contribution >= 0.6 is 11.6 Å². The van der Waals surface area contributed by atoms with Gasteiger partial charge in [0, 0.05) is 10.4 Å². The van der Waals surface area contributed by atoms with Crippen molar-refractivity contribution in [2.45, 2.75) is 20.3 Å². The fraction of sp³-hybridized carbons (Fsp3) is 0.158. The van der Waals surface area contributed by atoms with E-state index in [4.69, 9.17) is 22.7 Å². The zero-order valence-corrected chi connectivity index (χ0v) is 15.2. The third-order valence-electron chi connectivity index (χ3n) is 3.99. The minimum Gasteiger partial charge on any atom is -0.369 e. The van der Waals surface area contributed by atoms with Crippen LogP contribution in [0.25, 0.3) is 10.9 Å². The van der Waals surface area contributed by atoms with Gasteiger partial charge >= 0.3 is 0 Å². The zero-order valence-electron chi connectivity index (χ0n) is 14.5. The number of nitrogens with two attached hydrogens (primary N) is 1. The van der Waals surface area contributed by atoms with Crippen LogP contribution in [-0.2, 0) is 11.2 Å². The first-order chi connectivity index (χ1) is 12.3. The normalized spacial score (nSPS) is 10.7. The fourth-order valence-corrected chi connectivity index (χ4v) is 2.82. The van der Waals surface area contributed by atoms with E-state index in [9.17, 15) is 4.79 Å². The molecule has 0 bridgehead atoms. The molecule has 0 saturated carbocycles. The van der Waals surface area contributed by atoms with Crippen molar-refractivity contribution in [3.05, 3.63) is 64.3 Å². The van der Waals surface area contributed by atoms with Gasteiger partial charge in [0.25, 0.3) is 0 Å². The van der Waals surface area contributed by atoms with Crippen molar-refractivity contribution in [3.8, 4) is 0 Å².